The number of carbonyl (C=O) groups is 1. The molecule has 0 bridgehead atoms. The Morgan fingerprint density at radius 3 is 2.90 bits per heavy atom. The van der Waals surface area contributed by atoms with Crippen LogP contribution in [-0.2, 0) is 18.3 Å². The molecular formula is C21H23ClN4O4. The molecule has 0 saturated carbocycles. The van der Waals surface area contributed by atoms with Crippen molar-refractivity contribution in [3.8, 4) is 17.4 Å². The van der Waals surface area contributed by atoms with Crippen LogP contribution >= 0.6 is 11.6 Å². The molecule has 0 spiro atoms. The minimum atomic E-state index is -0.227. The van der Waals surface area contributed by atoms with Gasteiger partial charge in [-0.05, 0) is 49.6 Å². The molecule has 1 N–H and O–H groups in total. The molecule has 30 heavy (non-hydrogen) atoms. The monoisotopic (exact) mass is 430 g/mol. The van der Waals surface area contributed by atoms with E-state index in [9.17, 15) is 4.79 Å². The van der Waals surface area contributed by atoms with E-state index < -0.39 is 0 Å². The van der Waals surface area contributed by atoms with Crippen LogP contribution in [-0.4, -0.2) is 47.0 Å². The van der Waals surface area contributed by atoms with Crippen molar-refractivity contribution < 1.29 is 19.0 Å². The summed E-state index contributed by atoms with van der Waals surface area (Å²) in [4.78, 5) is 16.7. The second kappa shape index (κ2) is 8.39. The number of halogens is 1. The van der Waals surface area contributed by atoms with Gasteiger partial charge in [-0.3, -0.25) is 4.79 Å². The van der Waals surface area contributed by atoms with E-state index in [-0.39, 0.29) is 12.5 Å². The summed E-state index contributed by atoms with van der Waals surface area (Å²) >= 11 is 6.25. The van der Waals surface area contributed by atoms with E-state index in [1.165, 1.54) is 0 Å². The first-order valence-corrected chi connectivity index (χ1v) is 10.1. The fourth-order valence-corrected chi connectivity index (χ4v) is 3.78. The molecule has 1 amide bonds. The van der Waals surface area contributed by atoms with Crippen molar-refractivity contribution in [3.05, 3.63) is 40.0 Å². The predicted molar refractivity (Wildman–Crippen MR) is 113 cm³/mol. The van der Waals surface area contributed by atoms with E-state index in [4.69, 9.17) is 25.8 Å². The predicted octanol–water partition coefficient (Wildman–Crippen LogP) is 2.75. The van der Waals surface area contributed by atoms with E-state index in [1.807, 2.05) is 32.0 Å². The molecule has 0 fully saturated rings. The first kappa shape index (κ1) is 20.3. The molecule has 2 aromatic heterocycles. The summed E-state index contributed by atoms with van der Waals surface area (Å²) in [6.45, 7) is 5.22. The summed E-state index contributed by atoms with van der Waals surface area (Å²) in [7, 11) is 1.81. The molecule has 0 atom stereocenters. The van der Waals surface area contributed by atoms with Crippen molar-refractivity contribution in [3.63, 3.8) is 0 Å². The van der Waals surface area contributed by atoms with Crippen LogP contribution < -0.4 is 19.5 Å². The lowest BCUT2D eigenvalue weighted by Crippen LogP contribution is -2.30. The Hall–Kier alpha value is -3.00. The molecule has 9 heteroatoms. The Morgan fingerprint density at radius 2 is 2.07 bits per heavy atom. The lowest BCUT2D eigenvalue weighted by atomic mass is 10.1. The number of aryl methyl sites for hydroxylation is 3. The zero-order valence-electron chi connectivity index (χ0n) is 17.1. The van der Waals surface area contributed by atoms with Crippen LogP contribution in [0.1, 0.15) is 16.8 Å². The van der Waals surface area contributed by atoms with E-state index >= 15 is 0 Å². The molecule has 0 unspecified atom stereocenters. The molecule has 4 rings (SSSR count). The highest BCUT2D eigenvalue weighted by molar-refractivity contribution is 6.32. The first-order valence-electron chi connectivity index (χ1n) is 9.71. The summed E-state index contributed by atoms with van der Waals surface area (Å²) in [6, 6.07) is 5.69. The van der Waals surface area contributed by atoms with Gasteiger partial charge in [-0.25, -0.2) is 9.67 Å². The zero-order chi connectivity index (χ0) is 21.3. The maximum Gasteiger partial charge on any atom is 0.258 e. The van der Waals surface area contributed by atoms with Gasteiger partial charge in [0.1, 0.15) is 13.2 Å². The number of hydrogen-bond acceptors (Lipinski definition) is 6. The maximum atomic E-state index is 12.2. The Bertz CT molecular complexity index is 1110. The van der Waals surface area contributed by atoms with Gasteiger partial charge in [0.2, 0.25) is 5.88 Å². The van der Waals surface area contributed by atoms with Gasteiger partial charge in [0.15, 0.2) is 23.8 Å². The minimum Gasteiger partial charge on any atom is -0.486 e. The summed E-state index contributed by atoms with van der Waals surface area (Å²) in [5, 5.41) is 8.54. The highest BCUT2D eigenvalue weighted by Gasteiger charge is 2.17. The second-order valence-corrected chi connectivity index (χ2v) is 7.61. The van der Waals surface area contributed by atoms with Crippen LogP contribution in [0.4, 0.5) is 0 Å². The molecule has 8 nitrogen and oxygen atoms in total. The number of carbonyl (C=O) groups excluding carboxylic acids is 1. The largest absolute Gasteiger partial charge is 0.486 e. The molecular weight excluding hydrogens is 408 g/mol. The van der Waals surface area contributed by atoms with E-state index in [0.29, 0.717) is 48.6 Å². The fraction of sp³-hybridized carbons (Fsp3) is 0.381. The molecule has 158 valence electrons. The molecule has 3 heterocycles. The summed E-state index contributed by atoms with van der Waals surface area (Å²) in [6.07, 6.45) is 0.608. The topological polar surface area (TPSA) is 87.5 Å². The SMILES string of the molecule is Cc1cc(C)c2c(OCC(=O)NCCc3cc(Cl)c4c(c3)OCCO4)nn(C)c2n1. The number of pyridine rings is 1. The smallest absolute Gasteiger partial charge is 0.258 e. The minimum absolute atomic E-state index is 0.124. The molecule has 0 radical (unpaired) electrons. The number of fused-ring (bicyclic) bond motifs is 2. The van der Waals surface area contributed by atoms with Crippen LogP contribution in [0.25, 0.3) is 11.0 Å². The van der Waals surface area contributed by atoms with Crippen molar-refractivity contribution in [2.24, 2.45) is 7.05 Å². The third-order valence-corrected chi connectivity index (χ3v) is 5.10. The highest BCUT2D eigenvalue weighted by atomic mass is 35.5. The first-order chi connectivity index (χ1) is 14.4. The van der Waals surface area contributed by atoms with E-state index in [2.05, 4.69) is 15.4 Å². The molecule has 0 saturated heterocycles. The van der Waals surface area contributed by atoms with Gasteiger partial charge in [0, 0.05) is 19.3 Å². The van der Waals surface area contributed by atoms with Crippen LogP contribution in [0.3, 0.4) is 0 Å². The van der Waals surface area contributed by atoms with Crippen LogP contribution in [0, 0.1) is 13.8 Å². The molecule has 0 aliphatic carbocycles. The highest BCUT2D eigenvalue weighted by Crippen LogP contribution is 2.38. The normalized spacial score (nSPS) is 12.8. The van der Waals surface area contributed by atoms with Gasteiger partial charge in [0.05, 0.1) is 10.4 Å². The van der Waals surface area contributed by atoms with Gasteiger partial charge >= 0.3 is 0 Å². The number of amides is 1. The van der Waals surface area contributed by atoms with Crippen molar-refractivity contribution in [2.45, 2.75) is 20.3 Å². The third-order valence-electron chi connectivity index (χ3n) is 4.82. The van der Waals surface area contributed by atoms with E-state index in [0.717, 1.165) is 27.9 Å². The number of nitrogens with zero attached hydrogens (tertiary/aromatic N) is 3. The Kier molecular flexibility index (Phi) is 5.67. The van der Waals surface area contributed by atoms with Crippen LogP contribution in [0.5, 0.6) is 17.4 Å². The number of nitrogens with one attached hydrogen (secondary N) is 1. The maximum absolute atomic E-state index is 12.2. The van der Waals surface area contributed by atoms with Crippen molar-refractivity contribution in [2.75, 3.05) is 26.4 Å². The summed E-state index contributed by atoms with van der Waals surface area (Å²) < 4.78 is 18.4. The number of ether oxygens (including phenoxy) is 3. The van der Waals surface area contributed by atoms with Gasteiger partial charge < -0.3 is 19.5 Å². The summed E-state index contributed by atoms with van der Waals surface area (Å²) in [5.74, 6) is 1.40. The van der Waals surface area contributed by atoms with Gasteiger partial charge in [-0.15, -0.1) is 5.10 Å². The number of rotatable bonds is 6. The average molecular weight is 431 g/mol. The molecule has 1 aliphatic rings. The number of aromatic nitrogens is 3. The van der Waals surface area contributed by atoms with Crippen molar-refractivity contribution in [1.82, 2.24) is 20.1 Å². The summed E-state index contributed by atoms with van der Waals surface area (Å²) in [5.41, 5.74) is 3.61. The number of hydrogen-bond donors (Lipinski definition) is 1. The Labute approximate surface area is 179 Å². The van der Waals surface area contributed by atoms with Crippen LogP contribution in [0.15, 0.2) is 18.2 Å². The van der Waals surface area contributed by atoms with Crippen molar-refractivity contribution >= 4 is 28.5 Å². The fourth-order valence-electron chi connectivity index (χ4n) is 3.49. The van der Waals surface area contributed by atoms with Gasteiger partial charge in [0.25, 0.3) is 5.91 Å². The lowest BCUT2D eigenvalue weighted by Gasteiger charge is -2.20. The van der Waals surface area contributed by atoms with Gasteiger partial charge in [-0.2, -0.15) is 0 Å². The van der Waals surface area contributed by atoms with E-state index in [1.54, 1.807) is 11.7 Å². The third kappa shape index (κ3) is 4.14. The number of benzene rings is 1. The zero-order valence-corrected chi connectivity index (χ0v) is 17.9. The molecule has 3 aromatic rings. The Morgan fingerprint density at radius 1 is 1.27 bits per heavy atom. The quantitative estimate of drug-likeness (QED) is 0.647. The van der Waals surface area contributed by atoms with Crippen molar-refractivity contribution in [1.29, 1.82) is 0 Å². The molecule has 1 aliphatic heterocycles. The standard InChI is InChI=1S/C21H23ClN4O4/c1-12-8-13(2)24-20-18(12)21(25-26(20)3)30-11-17(27)23-5-4-14-9-15(22)19-16(10-14)28-6-7-29-19/h8-10H,4-7,11H2,1-3H3,(H,23,27). The average Bonchev–Trinajstić information content (AvgIpc) is 3.02. The second-order valence-electron chi connectivity index (χ2n) is 7.20. The Balaban J connectivity index is 1.33. The lowest BCUT2D eigenvalue weighted by molar-refractivity contribution is -0.123. The van der Waals surface area contributed by atoms with Gasteiger partial charge in [-0.1, -0.05) is 11.6 Å². The molecule has 1 aromatic carbocycles. The van der Waals surface area contributed by atoms with Crippen LogP contribution in [0.2, 0.25) is 5.02 Å².